The Kier molecular flexibility index (Phi) is 3.83. The van der Waals surface area contributed by atoms with Crippen molar-refractivity contribution in [2.24, 2.45) is 0 Å². The molecule has 5 rings (SSSR count). The van der Waals surface area contributed by atoms with Crippen molar-refractivity contribution in [3.8, 4) is 11.5 Å². The van der Waals surface area contributed by atoms with E-state index in [0.29, 0.717) is 13.2 Å². The van der Waals surface area contributed by atoms with Crippen LogP contribution in [0.1, 0.15) is 17.5 Å². The van der Waals surface area contributed by atoms with Crippen LogP contribution in [0.15, 0.2) is 24.3 Å². The number of aliphatic hydroxyl groups is 1. The van der Waals surface area contributed by atoms with Crippen LogP contribution in [0.5, 0.6) is 11.5 Å². The van der Waals surface area contributed by atoms with Crippen LogP contribution in [0.25, 0.3) is 0 Å². The Morgan fingerprint density at radius 3 is 2.80 bits per heavy atom. The highest BCUT2D eigenvalue weighted by Gasteiger charge is 2.66. The van der Waals surface area contributed by atoms with E-state index in [9.17, 15) is 5.11 Å². The lowest BCUT2D eigenvalue weighted by atomic mass is 9.64. The summed E-state index contributed by atoms with van der Waals surface area (Å²) in [5.41, 5.74) is 1.50. The summed E-state index contributed by atoms with van der Waals surface area (Å²) in [5, 5.41) is 11.4. The van der Waals surface area contributed by atoms with Crippen LogP contribution in [-0.4, -0.2) is 55.4 Å². The molecule has 0 aromatic heterocycles. The van der Waals surface area contributed by atoms with Gasteiger partial charge in [-0.15, -0.1) is 12.4 Å². The third-order valence-corrected chi connectivity index (χ3v) is 6.01. The van der Waals surface area contributed by atoms with Crippen molar-refractivity contribution < 1.29 is 24.1 Å². The number of rotatable bonds is 1. The predicted molar refractivity (Wildman–Crippen MR) is 92.2 cm³/mol. The van der Waals surface area contributed by atoms with Crippen molar-refractivity contribution in [3.63, 3.8) is 0 Å². The molecular formula is C18H22ClNO5. The van der Waals surface area contributed by atoms with E-state index < -0.39 is 11.2 Å². The summed E-state index contributed by atoms with van der Waals surface area (Å²) in [6.07, 6.45) is 4.98. The molecule has 1 fully saturated rings. The second-order valence-corrected chi connectivity index (χ2v) is 7.10. The molecule has 136 valence electrons. The van der Waals surface area contributed by atoms with Gasteiger partial charge in [-0.3, -0.25) is 4.90 Å². The Hall–Kier alpha value is -1.31. The Morgan fingerprint density at radius 1 is 1.28 bits per heavy atom. The Morgan fingerprint density at radius 2 is 2.04 bits per heavy atom. The maximum Gasteiger partial charge on any atom is 0.231 e. The Labute approximate surface area is 152 Å². The molecule has 0 radical (unpaired) electrons. The van der Waals surface area contributed by atoms with Gasteiger partial charge in [0.25, 0.3) is 0 Å². The van der Waals surface area contributed by atoms with E-state index in [2.05, 4.69) is 11.0 Å². The van der Waals surface area contributed by atoms with Gasteiger partial charge >= 0.3 is 0 Å². The van der Waals surface area contributed by atoms with E-state index in [1.165, 1.54) is 0 Å². The molecule has 7 heteroatoms. The van der Waals surface area contributed by atoms with Crippen LogP contribution in [0, 0.1) is 0 Å². The molecule has 0 amide bonds. The molecule has 4 aliphatic rings. The number of fused-ring (bicyclic) bond motifs is 2. The van der Waals surface area contributed by atoms with Crippen LogP contribution in [0.3, 0.4) is 0 Å². The lowest BCUT2D eigenvalue weighted by Gasteiger charge is -2.49. The zero-order chi connectivity index (χ0) is 16.5. The molecule has 25 heavy (non-hydrogen) atoms. The first-order valence-electron chi connectivity index (χ1n) is 8.29. The van der Waals surface area contributed by atoms with Crippen molar-refractivity contribution in [2.45, 2.75) is 36.4 Å². The van der Waals surface area contributed by atoms with Gasteiger partial charge in [-0.05, 0) is 36.7 Å². The highest BCUT2D eigenvalue weighted by Crippen LogP contribution is 2.56. The SMILES string of the molecule is COC1C=CC23c4cc5c(cc4COC2(O)CN(C)C3C1)OCO5.Cl. The fraction of sp³-hybridized carbons (Fsp3) is 0.556. The molecule has 1 aromatic carbocycles. The molecule has 1 saturated heterocycles. The van der Waals surface area contributed by atoms with Crippen LogP contribution in [-0.2, 0) is 21.5 Å². The quantitative estimate of drug-likeness (QED) is 0.760. The second kappa shape index (κ2) is 5.59. The Balaban J connectivity index is 0.00000157. The maximum absolute atomic E-state index is 11.4. The van der Waals surface area contributed by atoms with E-state index in [4.69, 9.17) is 18.9 Å². The fourth-order valence-corrected chi connectivity index (χ4v) is 4.86. The molecule has 0 bridgehead atoms. The van der Waals surface area contributed by atoms with Crippen LogP contribution in [0.2, 0.25) is 0 Å². The molecule has 3 aliphatic heterocycles. The van der Waals surface area contributed by atoms with Gasteiger partial charge in [-0.2, -0.15) is 0 Å². The van der Waals surface area contributed by atoms with Crippen LogP contribution >= 0.6 is 12.4 Å². The summed E-state index contributed by atoms with van der Waals surface area (Å²) < 4.78 is 22.6. The topological polar surface area (TPSA) is 60.4 Å². The van der Waals surface area contributed by atoms with E-state index in [-0.39, 0.29) is 31.3 Å². The standard InChI is InChI=1S/C18H21NO5.ClH/c1-19-9-18(20)17(4-3-12(21-2)6-16(17)19)13-7-15-14(22-10-23-15)5-11(13)8-24-18;/h3-5,7,12,16,20H,6,8-10H2,1-2H3;1H. The monoisotopic (exact) mass is 367 g/mol. The molecule has 1 N–H and O–H groups in total. The molecule has 1 spiro atoms. The largest absolute Gasteiger partial charge is 0.454 e. The number of likely N-dealkylation sites (tertiary alicyclic amines) is 1. The first-order chi connectivity index (χ1) is 11.6. The summed E-state index contributed by atoms with van der Waals surface area (Å²) in [4.78, 5) is 2.18. The van der Waals surface area contributed by atoms with Crippen LogP contribution < -0.4 is 9.47 Å². The number of methoxy groups -OCH3 is 1. The number of likely N-dealkylation sites (N-methyl/N-ethyl adjacent to an activating group) is 1. The van der Waals surface area contributed by atoms with E-state index in [1.54, 1.807) is 7.11 Å². The molecule has 4 atom stereocenters. The number of nitrogens with zero attached hydrogens (tertiary/aromatic N) is 1. The van der Waals surface area contributed by atoms with Gasteiger partial charge in [0.1, 0.15) is 0 Å². The third-order valence-electron chi connectivity index (χ3n) is 6.01. The molecule has 6 nitrogen and oxygen atoms in total. The number of ether oxygens (including phenoxy) is 4. The predicted octanol–water partition coefficient (Wildman–Crippen LogP) is 1.58. The molecule has 4 unspecified atom stereocenters. The minimum absolute atomic E-state index is 0. The average molecular weight is 368 g/mol. The molecular weight excluding hydrogens is 346 g/mol. The maximum atomic E-state index is 11.4. The number of hydrogen-bond acceptors (Lipinski definition) is 6. The van der Waals surface area contributed by atoms with Crippen molar-refractivity contribution in [3.05, 3.63) is 35.4 Å². The van der Waals surface area contributed by atoms with E-state index >= 15 is 0 Å². The fourth-order valence-electron chi connectivity index (χ4n) is 4.86. The van der Waals surface area contributed by atoms with Gasteiger partial charge in [0.05, 0.1) is 24.7 Å². The lowest BCUT2D eigenvalue weighted by Crippen LogP contribution is -2.59. The Bertz CT molecular complexity index is 740. The zero-order valence-electron chi connectivity index (χ0n) is 14.2. The third kappa shape index (κ3) is 2.06. The first kappa shape index (κ1) is 17.1. The number of benzene rings is 1. The smallest absolute Gasteiger partial charge is 0.231 e. The summed E-state index contributed by atoms with van der Waals surface area (Å²) in [5.74, 6) is 0.238. The zero-order valence-corrected chi connectivity index (χ0v) is 15.0. The summed E-state index contributed by atoms with van der Waals surface area (Å²) >= 11 is 0. The van der Waals surface area contributed by atoms with Crippen molar-refractivity contribution in [1.82, 2.24) is 4.90 Å². The molecule has 3 heterocycles. The van der Waals surface area contributed by atoms with E-state index in [1.807, 2.05) is 25.3 Å². The van der Waals surface area contributed by atoms with Gasteiger partial charge in [0.15, 0.2) is 17.3 Å². The van der Waals surface area contributed by atoms with E-state index in [0.717, 1.165) is 29.0 Å². The summed E-state index contributed by atoms with van der Waals surface area (Å²) in [7, 11) is 3.75. The van der Waals surface area contributed by atoms with Gasteiger partial charge in [0, 0.05) is 13.2 Å². The summed E-state index contributed by atoms with van der Waals surface area (Å²) in [6, 6.07) is 4.10. The molecule has 0 saturated carbocycles. The second-order valence-electron chi connectivity index (χ2n) is 7.10. The van der Waals surface area contributed by atoms with Crippen molar-refractivity contribution in [1.29, 1.82) is 0 Å². The minimum Gasteiger partial charge on any atom is -0.454 e. The van der Waals surface area contributed by atoms with Crippen LogP contribution in [0.4, 0.5) is 0 Å². The van der Waals surface area contributed by atoms with Crippen molar-refractivity contribution in [2.75, 3.05) is 27.5 Å². The number of halogens is 1. The van der Waals surface area contributed by atoms with Gasteiger partial charge in [-0.1, -0.05) is 12.2 Å². The first-order valence-corrected chi connectivity index (χ1v) is 8.29. The molecule has 1 aromatic rings. The van der Waals surface area contributed by atoms with Gasteiger partial charge in [0.2, 0.25) is 6.79 Å². The average Bonchev–Trinajstić information content (AvgIpc) is 3.13. The normalized spacial score (nSPS) is 37.9. The van der Waals surface area contributed by atoms with Gasteiger partial charge < -0.3 is 24.1 Å². The minimum atomic E-state index is -1.25. The number of β-amino-alcohol motifs (C(OH)–C–C–N with tert-alkyl or cyclic N) is 1. The summed E-state index contributed by atoms with van der Waals surface area (Å²) in [6.45, 7) is 1.07. The number of hydrogen-bond donors (Lipinski definition) is 1. The van der Waals surface area contributed by atoms with Gasteiger partial charge in [-0.25, -0.2) is 0 Å². The highest BCUT2D eigenvalue weighted by molar-refractivity contribution is 5.85. The lowest BCUT2D eigenvalue weighted by molar-refractivity contribution is -0.236. The highest BCUT2D eigenvalue weighted by atomic mass is 35.5. The molecule has 1 aliphatic carbocycles. The van der Waals surface area contributed by atoms with Crippen molar-refractivity contribution >= 4 is 12.4 Å².